The van der Waals surface area contributed by atoms with Gasteiger partial charge in [0, 0.05) is 12.7 Å². The van der Waals surface area contributed by atoms with Crippen LogP contribution in [0.25, 0.3) is 0 Å². The Hall–Kier alpha value is -1.63. The predicted molar refractivity (Wildman–Crippen MR) is 57.2 cm³/mol. The first-order valence-corrected chi connectivity index (χ1v) is 5.35. The van der Waals surface area contributed by atoms with Crippen LogP contribution >= 0.6 is 0 Å². The Bertz CT molecular complexity index is 365. The fourth-order valence-corrected chi connectivity index (χ4v) is 1.68. The number of rotatable bonds is 4. The Morgan fingerprint density at radius 2 is 2.40 bits per heavy atom. The van der Waals surface area contributed by atoms with Crippen LogP contribution in [0.15, 0.2) is 12.3 Å². The van der Waals surface area contributed by atoms with Gasteiger partial charge in [-0.25, -0.2) is 9.97 Å². The fourth-order valence-electron chi connectivity index (χ4n) is 1.68. The number of hydrogen-bond donors (Lipinski definition) is 1. The summed E-state index contributed by atoms with van der Waals surface area (Å²) >= 11 is 0. The SMILES string of the molecule is N#Cc1ccnc(NCCC2CCC2)n1. The molecule has 1 saturated carbocycles. The van der Waals surface area contributed by atoms with Crippen molar-refractivity contribution in [3.63, 3.8) is 0 Å². The van der Waals surface area contributed by atoms with Gasteiger partial charge < -0.3 is 5.32 Å². The van der Waals surface area contributed by atoms with Gasteiger partial charge in [0.25, 0.3) is 0 Å². The van der Waals surface area contributed by atoms with E-state index < -0.39 is 0 Å². The molecule has 0 spiro atoms. The monoisotopic (exact) mass is 202 g/mol. The third-order valence-corrected chi connectivity index (χ3v) is 2.83. The maximum absolute atomic E-state index is 8.65. The number of nitrogens with zero attached hydrogens (tertiary/aromatic N) is 3. The van der Waals surface area contributed by atoms with Gasteiger partial charge in [0.1, 0.15) is 11.8 Å². The van der Waals surface area contributed by atoms with Crippen molar-refractivity contribution in [2.75, 3.05) is 11.9 Å². The van der Waals surface area contributed by atoms with Crippen LogP contribution in [0, 0.1) is 17.2 Å². The minimum atomic E-state index is 0.413. The van der Waals surface area contributed by atoms with E-state index in [9.17, 15) is 0 Å². The zero-order valence-corrected chi connectivity index (χ0v) is 8.61. The van der Waals surface area contributed by atoms with Crippen LogP contribution < -0.4 is 5.32 Å². The summed E-state index contributed by atoms with van der Waals surface area (Å²) in [5, 5.41) is 11.8. The molecule has 4 heteroatoms. The molecular weight excluding hydrogens is 188 g/mol. The van der Waals surface area contributed by atoms with Gasteiger partial charge in [-0.15, -0.1) is 0 Å². The molecule has 4 nitrogen and oxygen atoms in total. The van der Waals surface area contributed by atoms with Crippen LogP contribution in [0.1, 0.15) is 31.4 Å². The van der Waals surface area contributed by atoms with Crippen molar-refractivity contribution in [1.29, 1.82) is 5.26 Å². The van der Waals surface area contributed by atoms with Gasteiger partial charge in [0.05, 0.1) is 0 Å². The molecule has 1 aromatic heterocycles. The van der Waals surface area contributed by atoms with E-state index in [1.807, 2.05) is 6.07 Å². The Balaban J connectivity index is 1.79. The summed E-state index contributed by atoms with van der Waals surface area (Å²) in [6.07, 6.45) is 6.89. The molecule has 1 aliphatic carbocycles. The molecule has 2 rings (SSSR count). The highest BCUT2D eigenvalue weighted by Crippen LogP contribution is 2.28. The van der Waals surface area contributed by atoms with Gasteiger partial charge >= 0.3 is 0 Å². The zero-order valence-electron chi connectivity index (χ0n) is 8.61. The lowest BCUT2D eigenvalue weighted by molar-refractivity contribution is 0.303. The minimum Gasteiger partial charge on any atom is -0.354 e. The Labute approximate surface area is 89.4 Å². The van der Waals surface area contributed by atoms with Crippen molar-refractivity contribution in [1.82, 2.24) is 9.97 Å². The lowest BCUT2D eigenvalue weighted by Gasteiger charge is -2.25. The van der Waals surface area contributed by atoms with Crippen molar-refractivity contribution < 1.29 is 0 Å². The Morgan fingerprint density at radius 3 is 3.07 bits per heavy atom. The van der Waals surface area contributed by atoms with Crippen LogP contribution in [0.2, 0.25) is 0 Å². The molecule has 0 bridgehead atoms. The first-order chi connectivity index (χ1) is 7.38. The first-order valence-electron chi connectivity index (χ1n) is 5.35. The number of nitrogens with one attached hydrogen (secondary N) is 1. The van der Waals surface area contributed by atoms with Crippen molar-refractivity contribution in [2.24, 2.45) is 5.92 Å². The average Bonchev–Trinajstić information content (AvgIpc) is 2.22. The van der Waals surface area contributed by atoms with E-state index in [4.69, 9.17) is 5.26 Å². The van der Waals surface area contributed by atoms with Crippen molar-refractivity contribution in [2.45, 2.75) is 25.7 Å². The van der Waals surface area contributed by atoms with Gasteiger partial charge in [-0.2, -0.15) is 5.26 Å². The number of anilines is 1. The van der Waals surface area contributed by atoms with Gasteiger partial charge in [0.15, 0.2) is 0 Å². The van der Waals surface area contributed by atoms with Crippen LogP contribution in [-0.4, -0.2) is 16.5 Å². The van der Waals surface area contributed by atoms with E-state index in [2.05, 4.69) is 15.3 Å². The van der Waals surface area contributed by atoms with Crippen molar-refractivity contribution >= 4 is 5.95 Å². The smallest absolute Gasteiger partial charge is 0.223 e. The van der Waals surface area contributed by atoms with E-state index in [0.29, 0.717) is 11.6 Å². The fraction of sp³-hybridized carbons (Fsp3) is 0.545. The molecular formula is C11H14N4. The third-order valence-electron chi connectivity index (χ3n) is 2.83. The molecule has 0 aliphatic heterocycles. The Kier molecular flexibility index (Phi) is 3.13. The van der Waals surface area contributed by atoms with Crippen LogP contribution in [0.4, 0.5) is 5.95 Å². The number of hydrogen-bond acceptors (Lipinski definition) is 4. The summed E-state index contributed by atoms with van der Waals surface area (Å²) in [7, 11) is 0. The maximum atomic E-state index is 8.65. The topological polar surface area (TPSA) is 61.6 Å². The van der Waals surface area contributed by atoms with Gasteiger partial charge in [-0.3, -0.25) is 0 Å². The molecule has 1 N–H and O–H groups in total. The van der Waals surface area contributed by atoms with Gasteiger partial charge in [-0.1, -0.05) is 19.3 Å². The molecule has 1 aliphatic rings. The second-order valence-electron chi connectivity index (χ2n) is 3.89. The molecule has 0 amide bonds. The van der Waals surface area contributed by atoms with E-state index >= 15 is 0 Å². The lowest BCUT2D eigenvalue weighted by atomic mass is 9.83. The molecule has 78 valence electrons. The van der Waals surface area contributed by atoms with Crippen LogP contribution in [-0.2, 0) is 0 Å². The van der Waals surface area contributed by atoms with Crippen LogP contribution in [0.5, 0.6) is 0 Å². The molecule has 0 atom stereocenters. The van der Waals surface area contributed by atoms with Gasteiger partial charge in [-0.05, 0) is 18.4 Å². The molecule has 0 aromatic carbocycles. The summed E-state index contributed by atoms with van der Waals surface area (Å²) in [5.41, 5.74) is 0.413. The average molecular weight is 202 g/mol. The molecule has 1 fully saturated rings. The Morgan fingerprint density at radius 1 is 1.53 bits per heavy atom. The van der Waals surface area contributed by atoms with Crippen molar-refractivity contribution in [3.8, 4) is 6.07 Å². The summed E-state index contributed by atoms with van der Waals surface area (Å²) in [6.45, 7) is 0.902. The zero-order chi connectivity index (χ0) is 10.5. The van der Waals surface area contributed by atoms with Crippen LogP contribution in [0.3, 0.4) is 0 Å². The predicted octanol–water partition coefficient (Wildman–Crippen LogP) is 1.95. The minimum absolute atomic E-state index is 0.413. The largest absolute Gasteiger partial charge is 0.354 e. The van der Waals surface area contributed by atoms with E-state index in [1.165, 1.54) is 25.7 Å². The molecule has 1 heterocycles. The van der Waals surface area contributed by atoms with E-state index in [0.717, 1.165) is 12.5 Å². The second kappa shape index (κ2) is 4.74. The van der Waals surface area contributed by atoms with E-state index in [-0.39, 0.29) is 0 Å². The lowest BCUT2D eigenvalue weighted by Crippen LogP contribution is -2.16. The molecule has 1 aromatic rings. The normalized spacial score (nSPS) is 15.4. The summed E-state index contributed by atoms with van der Waals surface area (Å²) < 4.78 is 0. The highest BCUT2D eigenvalue weighted by Gasteiger charge is 2.16. The highest BCUT2D eigenvalue weighted by molar-refractivity contribution is 5.29. The van der Waals surface area contributed by atoms with E-state index in [1.54, 1.807) is 12.3 Å². The molecule has 15 heavy (non-hydrogen) atoms. The molecule has 0 radical (unpaired) electrons. The second-order valence-corrected chi connectivity index (χ2v) is 3.89. The van der Waals surface area contributed by atoms with Crippen molar-refractivity contribution in [3.05, 3.63) is 18.0 Å². The standard InChI is InChI=1S/C11H14N4/c12-8-10-5-7-14-11(15-10)13-6-4-9-2-1-3-9/h5,7,9H,1-4,6H2,(H,13,14,15). The summed E-state index contributed by atoms with van der Waals surface area (Å²) in [6, 6.07) is 3.61. The number of aromatic nitrogens is 2. The maximum Gasteiger partial charge on any atom is 0.223 e. The summed E-state index contributed by atoms with van der Waals surface area (Å²) in [4.78, 5) is 8.10. The van der Waals surface area contributed by atoms with Gasteiger partial charge in [0.2, 0.25) is 5.95 Å². The third kappa shape index (κ3) is 2.66. The molecule has 0 unspecified atom stereocenters. The number of nitriles is 1. The first kappa shape index (κ1) is 9.91. The summed E-state index contributed by atoms with van der Waals surface area (Å²) in [5.74, 6) is 1.45. The highest BCUT2D eigenvalue weighted by atomic mass is 15.1. The quantitative estimate of drug-likeness (QED) is 0.810. The molecule has 0 saturated heterocycles.